The third kappa shape index (κ3) is 5.39. The number of hydrogen-bond acceptors (Lipinski definition) is 5. The van der Waals surface area contributed by atoms with Crippen LogP contribution in [0.25, 0.3) is 0 Å². The lowest BCUT2D eigenvalue weighted by atomic mass is 10.1. The number of aryl methyl sites for hydroxylation is 1. The highest BCUT2D eigenvalue weighted by Crippen LogP contribution is 2.23. The van der Waals surface area contributed by atoms with Crippen molar-refractivity contribution in [1.29, 1.82) is 0 Å². The number of nitrogens with one attached hydrogen (secondary N) is 1. The maximum atomic E-state index is 12.8. The highest BCUT2D eigenvalue weighted by atomic mass is 32.1. The van der Waals surface area contributed by atoms with Crippen molar-refractivity contribution in [1.82, 2.24) is 0 Å². The van der Waals surface area contributed by atoms with Crippen molar-refractivity contribution in [2.24, 2.45) is 5.73 Å². The Balaban J connectivity index is 1.83. The minimum atomic E-state index is -1.02. The first-order valence-electron chi connectivity index (χ1n) is 7.49. The van der Waals surface area contributed by atoms with Crippen molar-refractivity contribution in [3.63, 3.8) is 0 Å². The maximum Gasteiger partial charge on any atom is 0.306 e. The zero-order valence-electron chi connectivity index (χ0n) is 13.5. The van der Waals surface area contributed by atoms with Crippen LogP contribution in [0.4, 0.5) is 9.39 Å². The molecule has 0 radical (unpaired) electrons. The molecular weight excluding hydrogens is 347 g/mol. The summed E-state index contributed by atoms with van der Waals surface area (Å²) in [6.07, 6.45) is -0.581. The Kier molecular flexibility index (Phi) is 6.24. The van der Waals surface area contributed by atoms with Gasteiger partial charge < -0.3 is 15.8 Å². The van der Waals surface area contributed by atoms with E-state index in [1.54, 1.807) is 17.5 Å². The number of anilines is 1. The van der Waals surface area contributed by atoms with Gasteiger partial charge >= 0.3 is 5.97 Å². The lowest BCUT2D eigenvalue weighted by Crippen LogP contribution is -2.30. The maximum absolute atomic E-state index is 12.8. The number of rotatable bonds is 7. The van der Waals surface area contributed by atoms with Gasteiger partial charge in [0.05, 0.1) is 5.56 Å². The fraction of sp³-hybridized carbons (Fsp3) is 0.235. The molecule has 0 unspecified atom stereocenters. The highest BCUT2D eigenvalue weighted by molar-refractivity contribution is 7.14. The van der Waals surface area contributed by atoms with Crippen molar-refractivity contribution < 1.29 is 23.5 Å². The van der Waals surface area contributed by atoms with Gasteiger partial charge in [0.1, 0.15) is 10.8 Å². The Morgan fingerprint density at radius 2 is 1.92 bits per heavy atom. The van der Waals surface area contributed by atoms with Crippen LogP contribution in [-0.4, -0.2) is 23.9 Å². The molecule has 1 atom stereocenters. The first-order valence-corrected chi connectivity index (χ1v) is 8.37. The number of ether oxygens (including phenoxy) is 1. The Hall–Kier alpha value is -2.74. The molecule has 2 aromatic rings. The van der Waals surface area contributed by atoms with Gasteiger partial charge in [-0.05, 0) is 42.5 Å². The molecule has 3 N–H and O–H groups in total. The van der Waals surface area contributed by atoms with E-state index in [4.69, 9.17) is 10.5 Å². The fourth-order valence-electron chi connectivity index (χ4n) is 2.02. The smallest absolute Gasteiger partial charge is 0.306 e. The molecule has 0 aliphatic rings. The molecule has 25 heavy (non-hydrogen) atoms. The van der Waals surface area contributed by atoms with Crippen LogP contribution in [0, 0.1) is 5.82 Å². The number of hydrogen-bond donors (Lipinski definition) is 2. The molecule has 0 aliphatic carbocycles. The van der Waals surface area contributed by atoms with E-state index in [1.807, 2.05) is 0 Å². The van der Waals surface area contributed by atoms with E-state index in [9.17, 15) is 18.8 Å². The number of carbonyl (C=O) groups is 3. The van der Waals surface area contributed by atoms with Gasteiger partial charge in [0.2, 0.25) is 0 Å². The number of esters is 1. The zero-order valence-corrected chi connectivity index (χ0v) is 14.3. The van der Waals surface area contributed by atoms with Crippen LogP contribution in [0.3, 0.4) is 0 Å². The molecule has 6 nitrogen and oxygen atoms in total. The van der Waals surface area contributed by atoms with Gasteiger partial charge in [-0.25, -0.2) is 4.39 Å². The van der Waals surface area contributed by atoms with Crippen molar-refractivity contribution >= 4 is 34.1 Å². The monoisotopic (exact) mass is 364 g/mol. The summed E-state index contributed by atoms with van der Waals surface area (Å²) in [4.78, 5) is 35.1. The van der Waals surface area contributed by atoms with Gasteiger partial charge in [0.25, 0.3) is 11.8 Å². The van der Waals surface area contributed by atoms with Crippen molar-refractivity contribution in [2.45, 2.75) is 25.9 Å². The molecule has 2 rings (SSSR count). The summed E-state index contributed by atoms with van der Waals surface area (Å²) in [5.41, 5.74) is 6.20. The average molecular weight is 364 g/mol. The van der Waals surface area contributed by atoms with Crippen LogP contribution in [0.2, 0.25) is 0 Å². The molecule has 0 saturated heterocycles. The van der Waals surface area contributed by atoms with Crippen LogP contribution in [-0.2, 0) is 20.7 Å². The first-order chi connectivity index (χ1) is 11.9. The fourth-order valence-corrected chi connectivity index (χ4v) is 2.82. The third-order valence-electron chi connectivity index (χ3n) is 3.38. The molecule has 132 valence electrons. The average Bonchev–Trinajstić information content (AvgIpc) is 3.02. The van der Waals surface area contributed by atoms with Gasteiger partial charge in [-0.2, -0.15) is 0 Å². The molecule has 0 spiro atoms. The summed E-state index contributed by atoms with van der Waals surface area (Å²) in [5.74, 6) is -2.10. The van der Waals surface area contributed by atoms with Crippen LogP contribution in [0.1, 0.15) is 29.3 Å². The van der Waals surface area contributed by atoms with E-state index < -0.39 is 23.9 Å². The summed E-state index contributed by atoms with van der Waals surface area (Å²) >= 11 is 1.15. The molecular formula is C17H17FN2O4S. The Morgan fingerprint density at radius 1 is 1.24 bits per heavy atom. The number of halogens is 1. The number of amides is 2. The SMILES string of the molecule is C[C@H](OC(=O)CCc1ccc(F)cc1)C(=O)Nc1sccc1C(N)=O. The normalized spacial score (nSPS) is 11.6. The summed E-state index contributed by atoms with van der Waals surface area (Å²) < 4.78 is 17.9. The lowest BCUT2D eigenvalue weighted by Gasteiger charge is -2.13. The summed E-state index contributed by atoms with van der Waals surface area (Å²) in [6.45, 7) is 1.43. The largest absolute Gasteiger partial charge is 0.453 e. The molecule has 1 heterocycles. The summed E-state index contributed by atoms with van der Waals surface area (Å²) in [5, 5.41) is 4.45. The molecule has 0 saturated carbocycles. The van der Waals surface area contributed by atoms with Crippen LogP contribution >= 0.6 is 11.3 Å². The number of thiophene rings is 1. The lowest BCUT2D eigenvalue weighted by molar-refractivity contribution is -0.153. The predicted molar refractivity (Wildman–Crippen MR) is 91.7 cm³/mol. The Bertz CT molecular complexity index is 773. The number of carbonyl (C=O) groups excluding carboxylic acids is 3. The standard InChI is InChI=1S/C17H17FN2O4S/c1-10(16(23)20-17-13(15(19)22)8-9-25-17)24-14(21)7-4-11-2-5-12(18)6-3-11/h2-3,5-6,8-10H,4,7H2,1H3,(H2,19,22)(H,20,23)/t10-/m0/s1. The Morgan fingerprint density at radius 3 is 2.56 bits per heavy atom. The van der Waals surface area contributed by atoms with Gasteiger partial charge in [0, 0.05) is 6.42 Å². The number of primary amides is 1. The van der Waals surface area contributed by atoms with E-state index in [1.165, 1.54) is 25.1 Å². The third-order valence-corrected chi connectivity index (χ3v) is 4.21. The second-order valence-corrected chi connectivity index (χ2v) is 6.19. The minimum Gasteiger partial charge on any atom is -0.453 e. The molecule has 0 aliphatic heterocycles. The van der Waals surface area contributed by atoms with Crippen LogP contribution in [0.15, 0.2) is 35.7 Å². The zero-order chi connectivity index (χ0) is 18.4. The molecule has 1 aromatic heterocycles. The quantitative estimate of drug-likeness (QED) is 0.738. The molecule has 2 amide bonds. The minimum absolute atomic E-state index is 0.0643. The molecule has 0 bridgehead atoms. The molecule has 8 heteroatoms. The first kappa shape index (κ1) is 18.6. The summed E-state index contributed by atoms with van der Waals surface area (Å²) in [7, 11) is 0. The van der Waals surface area contributed by atoms with Crippen molar-refractivity contribution in [3.8, 4) is 0 Å². The van der Waals surface area contributed by atoms with E-state index in [2.05, 4.69) is 5.32 Å². The van der Waals surface area contributed by atoms with Crippen molar-refractivity contribution in [2.75, 3.05) is 5.32 Å². The van der Waals surface area contributed by atoms with Gasteiger partial charge in [-0.1, -0.05) is 12.1 Å². The predicted octanol–water partition coefficient (Wildman–Crippen LogP) is 2.49. The van der Waals surface area contributed by atoms with Gasteiger partial charge in [0.15, 0.2) is 6.10 Å². The van der Waals surface area contributed by atoms with Crippen LogP contribution < -0.4 is 11.1 Å². The van der Waals surface area contributed by atoms with E-state index in [-0.39, 0.29) is 17.8 Å². The summed E-state index contributed by atoms with van der Waals surface area (Å²) in [6, 6.07) is 7.30. The second-order valence-electron chi connectivity index (χ2n) is 5.28. The van der Waals surface area contributed by atoms with E-state index >= 15 is 0 Å². The highest BCUT2D eigenvalue weighted by Gasteiger charge is 2.20. The molecule has 1 aromatic carbocycles. The second kappa shape index (κ2) is 8.39. The topological polar surface area (TPSA) is 98.5 Å². The molecule has 0 fully saturated rings. The van der Waals surface area contributed by atoms with Crippen LogP contribution in [0.5, 0.6) is 0 Å². The van der Waals surface area contributed by atoms with Crippen molar-refractivity contribution in [3.05, 3.63) is 52.7 Å². The number of benzene rings is 1. The van der Waals surface area contributed by atoms with E-state index in [0.717, 1.165) is 16.9 Å². The Labute approximate surface area is 147 Å². The van der Waals surface area contributed by atoms with E-state index in [0.29, 0.717) is 11.4 Å². The van der Waals surface area contributed by atoms with Gasteiger partial charge in [-0.15, -0.1) is 11.3 Å². The number of nitrogens with two attached hydrogens (primary N) is 1. The van der Waals surface area contributed by atoms with Gasteiger partial charge in [-0.3, -0.25) is 14.4 Å².